The van der Waals surface area contributed by atoms with Crippen LogP contribution in [0.25, 0.3) is 11.1 Å². The maximum Gasteiger partial charge on any atom is 0.294 e. The first kappa shape index (κ1) is 23.0. The first-order valence-electron chi connectivity index (χ1n) is 10.7. The fourth-order valence-electron chi connectivity index (χ4n) is 4.05. The lowest BCUT2D eigenvalue weighted by Crippen LogP contribution is -2.35. The number of rotatable bonds is 6. The molecule has 1 saturated carbocycles. The van der Waals surface area contributed by atoms with Gasteiger partial charge in [0.05, 0.1) is 12.1 Å². The average molecular weight is 472 g/mol. The van der Waals surface area contributed by atoms with Crippen LogP contribution >= 0.6 is 11.6 Å². The number of halogens is 1. The van der Waals surface area contributed by atoms with Gasteiger partial charge in [-0.25, -0.2) is 9.97 Å². The minimum atomic E-state index is -0.562. The zero-order chi connectivity index (χ0) is 23.5. The molecule has 2 amide bonds. The smallest absolute Gasteiger partial charge is 0.294 e. The van der Waals surface area contributed by atoms with Crippen molar-refractivity contribution in [1.82, 2.24) is 14.9 Å². The Hall–Kier alpha value is -3.17. The van der Waals surface area contributed by atoms with Crippen molar-refractivity contribution in [2.24, 2.45) is 5.92 Å². The highest BCUT2D eigenvalue weighted by atomic mass is 35.5. The summed E-state index contributed by atoms with van der Waals surface area (Å²) in [6.45, 7) is 0. The Bertz CT molecular complexity index is 1150. The molecule has 0 atom stereocenters. The van der Waals surface area contributed by atoms with Gasteiger partial charge >= 0.3 is 0 Å². The van der Waals surface area contributed by atoms with Crippen molar-refractivity contribution in [1.29, 1.82) is 0 Å². The van der Waals surface area contributed by atoms with Crippen molar-refractivity contribution in [2.75, 3.05) is 31.8 Å². The molecule has 0 radical (unpaired) electrons. The van der Waals surface area contributed by atoms with Crippen molar-refractivity contribution < 1.29 is 18.7 Å². The van der Waals surface area contributed by atoms with Crippen LogP contribution in [0.5, 0.6) is 5.88 Å². The quantitative estimate of drug-likeness (QED) is 0.554. The van der Waals surface area contributed by atoms with Crippen LogP contribution in [0.1, 0.15) is 36.2 Å². The molecule has 1 fully saturated rings. The van der Waals surface area contributed by atoms with E-state index in [1.54, 1.807) is 24.3 Å². The number of aromatic nitrogens is 2. The molecular weight excluding hydrogens is 446 g/mol. The zero-order valence-electron chi connectivity index (χ0n) is 18.7. The predicted octanol–water partition coefficient (Wildman–Crippen LogP) is 4.20. The summed E-state index contributed by atoms with van der Waals surface area (Å²) in [7, 11) is 5.61. The molecule has 1 aliphatic carbocycles. The number of anilines is 2. The SMILES string of the molecule is COc1ccc2oc(C(=O)Nc3ccc(Cl)cn3)c(NC(=O)C3CCC(N(C)C)CC3)c2n1. The summed E-state index contributed by atoms with van der Waals surface area (Å²) >= 11 is 5.87. The number of carbonyl (C=O) groups excluding carboxylic acids is 2. The van der Waals surface area contributed by atoms with E-state index in [-0.39, 0.29) is 23.3 Å². The van der Waals surface area contributed by atoms with Crippen LogP contribution in [0.4, 0.5) is 11.5 Å². The Balaban J connectivity index is 1.61. The Morgan fingerprint density at radius 3 is 2.52 bits per heavy atom. The number of methoxy groups -OCH3 is 1. The zero-order valence-corrected chi connectivity index (χ0v) is 19.5. The van der Waals surface area contributed by atoms with Crippen molar-refractivity contribution in [3.05, 3.63) is 41.2 Å². The standard InChI is InChI=1S/C23H26ClN5O4/c1-29(2)15-7-4-13(5-8-15)22(30)28-20-19-16(9-11-18(27-19)32-3)33-21(20)23(31)26-17-10-6-14(24)12-25-17/h6,9-13,15H,4-5,7-8H2,1-3H3,(H,28,30)(H,25,26,31). The Kier molecular flexibility index (Phi) is 6.80. The molecule has 0 spiro atoms. The van der Waals surface area contributed by atoms with E-state index < -0.39 is 5.91 Å². The molecule has 3 aromatic heterocycles. The van der Waals surface area contributed by atoms with E-state index in [9.17, 15) is 9.59 Å². The highest BCUT2D eigenvalue weighted by Crippen LogP contribution is 2.34. The summed E-state index contributed by atoms with van der Waals surface area (Å²) in [4.78, 5) is 36.8. The summed E-state index contributed by atoms with van der Waals surface area (Å²) in [5, 5.41) is 6.02. The van der Waals surface area contributed by atoms with Gasteiger partial charge in [-0.15, -0.1) is 0 Å². The van der Waals surface area contributed by atoms with Crippen LogP contribution in [0.15, 0.2) is 34.9 Å². The minimum Gasteiger partial charge on any atom is -0.481 e. The van der Waals surface area contributed by atoms with E-state index in [1.807, 2.05) is 0 Å². The van der Waals surface area contributed by atoms with Gasteiger partial charge in [0.25, 0.3) is 5.91 Å². The maximum atomic E-state index is 13.1. The van der Waals surface area contributed by atoms with Gasteiger partial charge in [-0.05, 0) is 58.0 Å². The summed E-state index contributed by atoms with van der Waals surface area (Å²) in [5.74, 6) is -0.277. The molecule has 9 nitrogen and oxygen atoms in total. The van der Waals surface area contributed by atoms with Gasteiger partial charge in [-0.1, -0.05) is 11.6 Å². The summed E-state index contributed by atoms with van der Waals surface area (Å²) in [5.41, 5.74) is 0.922. The van der Waals surface area contributed by atoms with Gasteiger partial charge in [-0.2, -0.15) is 0 Å². The van der Waals surface area contributed by atoms with Gasteiger partial charge in [0, 0.05) is 24.2 Å². The lowest BCUT2D eigenvalue weighted by Gasteiger charge is -2.31. The normalized spacial score (nSPS) is 18.3. The van der Waals surface area contributed by atoms with Crippen LogP contribution < -0.4 is 15.4 Å². The second-order valence-electron chi connectivity index (χ2n) is 8.28. The van der Waals surface area contributed by atoms with E-state index >= 15 is 0 Å². The van der Waals surface area contributed by atoms with Crippen molar-refractivity contribution in [3.8, 4) is 5.88 Å². The van der Waals surface area contributed by atoms with Crippen LogP contribution in [0.3, 0.4) is 0 Å². The number of nitrogens with one attached hydrogen (secondary N) is 2. The summed E-state index contributed by atoms with van der Waals surface area (Å²) < 4.78 is 11.0. The van der Waals surface area contributed by atoms with E-state index in [4.69, 9.17) is 20.8 Å². The first-order valence-corrected chi connectivity index (χ1v) is 11.1. The fourth-order valence-corrected chi connectivity index (χ4v) is 4.16. The second kappa shape index (κ2) is 9.76. The van der Waals surface area contributed by atoms with Crippen LogP contribution in [0.2, 0.25) is 5.02 Å². The van der Waals surface area contributed by atoms with E-state index in [1.165, 1.54) is 13.3 Å². The van der Waals surface area contributed by atoms with E-state index in [2.05, 4.69) is 39.6 Å². The topological polar surface area (TPSA) is 110 Å². The molecular formula is C23H26ClN5O4. The minimum absolute atomic E-state index is 0.0576. The second-order valence-corrected chi connectivity index (χ2v) is 8.72. The Morgan fingerprint density at radius 1 is 1.12 bits per heavy atom. The number of amides is 2. The van der Waals surface area contributed by atoms with Gasteiger partial charge in [-0.3, -0.25) is 9.59 Å². The van der Waals surface area contributed by atoms with E-state index in [0.717, 1.165) is 25.7 Å². The third-order valence-electron chi connectivity index (χ3n) is 5.94. The number of ether oxygens (including phenoxy) is 1. The summed E-state index contributed by atoms with van der Waals surface area (Å²) in [6, 6.07) is 6.94. The lowest BCUT2D eigenvalue weighted by atomic mass is 9.85. The lowest BCUT2D eigenvalue weighted by molar-refractivity contribution is -0.121. The van der Waals surface area contributed by atoms with Gasteiger partial charge in [0.1, 0.15) is 17.0 Å². The molecule has 0 aromatic carbocycles. The average Bonchev–Trinajstić information content (AvgIpc) is 3.18. The number of hydrogen-bond acceptors (Lipinski definition) is 7. The number of pyridine rings is 2. The number of furan rings is 1. The fraction of sp³-hybridized carbons (Fsp3) is 0.391. The molecule has 3 heterocycles. The molecule has 10 heteroatoms. The molecule has 33 heavy (non-hydrogen) atoms. The van der Waals surface area contributed by atoms with Crippen LogP contribution in [0, 0.1) is 5.92 Å². The molecule has 174 valence electrons. The third-order valence-corrected chi connectivity index (χ3v) is 6.16. The van der Waals surface area contributed by atoms with Gasteiger partial charge < -0.3 is 24.7 Å². The summed E-state index contributed by atoms with van der Waals surface area (Å²) in [6.07, 6.45) is 4.86. The van der Waals surface area contributed by atoms with Crippen LogP contribution in [-0.2, 0) is 4.79 Å². The monoisotopic (exact) mass is 471 g/mol. The van der Waals surface area contributed by atoms with Crippen molar-refractivity contribution in [2.45, 2.75) is 31.7 Å². The number of fused-ring (bicyclic) bond motifs is 1. The number of nitrogens with zero attached hydrogens (tertiary/aromatic N) is 3. The van der Waals surface area contributed by atoms with Crippen molar-refractivity contribution >= 4 is 46.0 Å². The highest BCUT2D eigenvalue weighted by molar-refractivity contribution is 6.30. The van der Waals surface area contributed by atoms with Crippen LogP contribution in [-0.4, -0.2) is 53.9 Å². The Labute approximate surface area is 196 Å². The number of hydrogen-bond donors (Lipinski definition) is 2. The molecule has 0 saturated heterocycles. The van der Waals surface area contributed by atoms with E-state index in [0.29, 0.717) is 33.9 Å². The number of carbonyl (C=O) groups is 2. The maximum absolute atomic E-state index is 13.1. The molecule has 4 rings (SSSR count). The largest absolute Gasteiger partial charge is 0.481 e. The molecule has 1 aliphatic rings. The third kappa shape index (κ3) is 5.09. The van der Waals surface area contributed by atoms with Gasteiger partial charge in [0.2, 0.25) is 17.5 Å². The van der Waals surface area contributed by atoms with Crippen molar-refractivity contribution in [3.63, 3.8) is 0 Å². The molecule has 0 bridgehead atoms. The molecule has 0 unspecified atom stereocenters. The highest BCUT2D eigenvalue weighted by Gasteiger charge is 2.30. The Morgan fingerprint density at radius 2 is 1.88 bits per heavy atom. The predicted molar refractivity (Wildman–Crippen MR) is 126 cm³/mol. The molecule has 2 N–H and O–H groups in total. The van der Waals surface area contributed by atoms with Gasteiger partial charge in [0.15, 0.2) is 5.58 Å². The first-order chi connectivity index (χ1) is 15.9. The molecule has 3 aromatic rings. The molecule has 0 aliphatic heterocycles.